The minimum atomic E-state index is -0.215. The third-order valence-corrected chi connectivity index (χ3v) is 5.31. The van der Waals surface area contributed by atoms with Crippen molar-refractivity contribution in [2.24, 2.45) is 0 Å². The summed E-state index contributed by atoms with van der Waals surface area (Å²) in [5, 5.41) is 1.73. The molecule has 3 nitrogen and oxygen atoms in total. The van der Waals surface area contributed by atoms with E-state index in [0.29, 0.717) is 23.0 Å². The van der Waals surface area contributed by atoms with Crippen molar-refractivity contribution in [3.8, 4) is 0 Å². The molecule has 0 amide bonds. The van der Waals surface area contributed by atoms with Gasteiger partial charge in [-0.05, 0) is 61.7 Å². The second kappa shape index (κ2) is 6.54. The number of benzene rings is 1. The number of nitrogens with zero attached hydrogens (tertiary/aromatic N) is 2. The molecule has 4 rings (SSSR count). The summed E-state index contributed by atoms with van der Waals surface area (Å²) in [4.78, 5) is 9.91. The maximum Gasteiger partial charge on any atom is 0.137 e. The SMILES string of the molecule is Fc1cccc(Cl)c1CN1CCC(c2c[nH]c3ncccc23)CC1. The van der Waals surface area contributed by atoms with Crippen LogP contribution in [0.5, 0.6) is 0 Å². The van der Waals surface area contributed by atoms with E-state index in [1.165, 1.54) is 17.0 Å². The van der Waals surface area contributed by atoms with Gasteiger partial charge < -0.3 is 4.98 Å². The molecule has 1 aliphatic rings. The Morgan fingerprint density at radius 1 is 1.21 bits per heavy atom. The largest absolute Gasteiger partial charge is 0.346 e. The van der Waals surface area contributed by atoms with E-state index in [4.69, 9.17) is 11.6 Å². The van der Waals surface area contributed by atoms with Gasteiger partial charge in [-0.15, -0.1) is 0 Å². The van der Waals surface area contributed by atoms with Crippen LogP contribution in [0.4, 0.5) is 4.39 Å². The van der Waals surface area contributed by atoms with Crippen molar-refractivity contribution >= 4 is 22.6 Å². The lowest BCUT2D eigenvalue weighted by atomic mass is 9.89. The lowest BCUT2D eigenvalue weighted by Crippen LogP contribution is -2.32. The Morgan fingerprint density at radius 3 is 2.83 bits per heavy atom. The van der Waals surface area contributed by atoms with Gasteiger partial charge in [0.15, 0.2) is 0 Å². The average molecular weight is 344 g/mol. The van der Waals surface area contributed by atoms with Crippen molar-refractivity contribution in [3.05, 3.63) is 64.7 Å². The fourth-order valence-electron chi connectivity index (χ4n) is 3.62. The number of rotatable bonds is 3. The summed E-state index contributed by atoms with van der Waals surface area (Å²) in [7, 11) is 0. The van der Waals surface area contributed by atoms with Gasteiger partial charge >= 0.3 is 0 Å². The number of aromatic nitrogens is 2. The van der Waals surface area contributed by atoms with Gasteiger partial charge in [0, 0.05) is 34.9 Å². The highest BCUT2D eigenvalue weighted by atomic mass is 35.5. The van der Waals surface area contributed by atoms with Crippen LogP contribution in [0.2, 0.25) is 5.02 Å². The zero-order chi connectivity index (χ0) is 16.5. The second-order valence-electron chi connectivity index (χ2n) is 6.39. The third kappa shape index (κ3) is 2.92. The van der Waals surface area contributed by atoms with Crippen LogP contribution in [0, 0.1) is 5.82 Å². The Morgan fingerprint density at radius 2 is 2.04 bits per heavy atom. The highest BCUT2D eigenvalue weighted by Crippen LogP contribution is 2.33. The summed E-state index contributed by atoms with van der Waals surface area (Å²) in [6, 6.07) is 8.99. The van der Waals surface area contributed by atoms with E-state index in [-0.39, 0.29) is 5.82 Å². The van der Waals surface area contributed by atoms with Crippen LogP contribution >= 0.6 is 11.6 Å². The quantitative estimate of drug-likeness (QED) is 0.745. The van der Waals surface area contributed by atoms with Crippen molar-refractivity contribution in [3.63, 3.8) is 0 Å². The van der Waals surface area contributed by atoms with Gasteiger partial charge in [-0.1, -0.05) is 17.7 Å². The normalized spacial score (nSPS) is 16.8. The molecule has 2 aromatic heterocycles. The van der Waals surface area contributed by atoms with E-state index in [1.54, 1.807) is 12.1 Å². The predicted molar refractivity (Wildman–Crippen MR) is 94.8 cm³/mol. The zero-order valence-corrected chi connectivity index (χ0v) is 14.1. The zero-order valence-electron chi connectivity index (χ0n) is 13.3. The van der Waals surface area contributed by atoms with Crippen molar-refractivity contribution in [2.45, 2.75) is 25.3 Å². The Kier molecular flexibility index (Phi) is 4.25. The van der Waals surface area contributed by atoms with Gasteiger partial charge in [-0.3, -0.25) is 4.90 Å². The second-order valence-corrected chi connectivity index (χ2v) is 6.80. The first-order valence-electron chi connectivity index (χ1n) is 8.29. The van der Waals surface area contributed by atoms with Gasteiger partial charge in [0.2, 0.25) is 0 Å². The van der Waals surface area contributed by atoms with Gasteiger partial charge in [0.05, 0.1) is 0 Å². The van der Waals surface area contributed by atoms with E-state index in [0.717, 1.165) is 31.6 Å². The monoisotopic (exact) mass is 343 g/mol. The molecule has 0 aliphatic carbocycles. The molecule has 0 bridgehead atoms. The fourth-order valence-corrected chi connectivity index (χ4v) is 3.85. The molecule has 1 aromatic carbocycles. The molecule has 1 N–H and O–H groups in total. The molecule has 1 fully saturated rings. The number of fused-ring (bicyclic) bond motifs is 1. The van der Waals surface area contributed by atoms with Crippen molar-refractivity contribution in [2.75, 3.05) is 13.1 Å². The molecule has 0 spiro atoms. The van der Waals surface area contributed by atoms with Crippen LogP contribution in [-0.2, 0) is 6.54 Å². The average Bonchev–Trinajstić information content (AvgIpc) is 3.03. The molecule has 1 saturated heterocycles. The molecule has 5 heteroatoms. The van der Waals surface area contributed by atoms with Crippen LogP contribution in [0.1, 0.15) is 29.9 Å². The predicted octanol–water partition coefficient (Wildman–Crippen LogP) is 4.74. The molecular formula is C19H19ClFN3. The lowest BCUT2D eigenvalue weighted by Gasteiger charge is -2.32. The standard InChI is InChI=1S/C19H19ClFN3/c20-17-4-1-5-18(21)16(17)12-24-9-6-13(7-10-24)15-11-23-19-14(15)3-2-8-22-19/h1-5,8,11,13H,6-7,9-10,12H2,(H,22,23). The molecule has 0 radical (unpaired) electrons. The van der Waals surface area contributed by atoms with E-state index < -0.39 is 0 Å². The maximum absolute atomic E-state index is 14.0. The molecule has 0 unspecified atom stereocenters. The molecular weight excluding hydrogens is 325 g/mol. The number of aromatic amines is 1. The third-order valence-electron chi connectivity index (χ3n) is 4.95. The minimum Gasteiger partial charge on any atom is -0.346 e. The first kappa shape index (κ1) is 15.6. The first-order valence-corrected chi connectivity index (χ1v) is 8.67. The topological polar surface area (TPSA) is 31.9 Å². The number of likely N-dealkylation sites (tertiary alicyclic amines) is 1. The summed E-state index contributed by atoms with van der Waals surface area (Å²) in [5.41, 5.74) is 2.91. The van der Waals surface area contributed by atoms with Crippen LogP contribution in [0.25, 0.3) is 11.0 Å². The molecule has 0 saturated carbocycles. The summed E-state index contributed by atoms with van der Waals surface area (Å²) >= 11 is 6.15. The molecule has 24 heavy (non-hydrogen) atoms. The van der Waals surface area contributed by atoms with E-state index in [1.807, 2.05) is 12.3 Å². The van der Waals surface area contributed by atoms with E-state index in [2.05, 4.69) is 27.1 Å². The Balaban J connectivity index is 1.45. The number of hydrogen-bond donors (Lipinski definition) is 1. The van der Waals surface area contributed by atoms with Gasteiger partial charge in [0.1, 0.15) is 11.5 Å². The highest BCUT2D eigenvalue weighted by molar-refractivity contribution is 6.31. The van der Waals surface area contributed by atoms with E-state index >= 15 is 0 Å². The number of piperidine rings is 1. The number of H-pyrrole nitrogens is 1. The lowest BCUT2D eigenvalue weighted by molar-refractivity contribution is 0.203. The van der Waals surface area contributed by atoms with Crippen LogP contribution in [-0.4, -0.2) is 28.0 Å². The van der Waals surface area contributed by atoms with Crippen LogP contribution in [0.3, 0.4) is 0 Å². The van der Waals surface area contributed by atoms with Crippen molar-refractivity contribution in [1.29, 1.82) is 0 Å². The van der Waals surface area contributed by atoms with E-state index in [9.17, 15) is 4.39 Å². The number of halogens is 2. The van der Waals surface area contributed by atoms with Crippen LogP contribution < -0.4 is 0 Å². The minimum absolute atomic E-state index is 0.215. The summed E-state index contributed by atoms with van der Waals surface area (Å²) in [5.74, 6) is 0.308. The first-order chi connectivity index (χ1) is 11.7. The summed E-state index contributed by atoms with van der Waals surface area (Å²) in [6.07, 6.45) is 6.02. The maximum atomic E-state index is 14.0. The van der Waals surface area contributed by atoms with Crippen molar-refractivity contribution in [1.82, 2.24) is 14.9 Å². The fraction of sp³-hybridized carbons (Fsp3) is 0.316. The van der Waals surface area contributed by atoms with Crippen molar-refractivity contribution < 1.29 is 4.39 Å². The Labute approximate surface area is 145 Å². The summed E-state index contributed by atoms with van der Waals surface area (Å²) in [6.45, 7) is 2.47. The van der Waals surface area contributed by atoms with Crippen LogP contribution in [0.15, 0.2) is 42.7 Å². The highest BCUT2D eigenvalue weighted by Gasteiger charge is 2.24. The molecule has 1 aliphatic heterocycles. The van der Waals surface area contributed by atoms with Gasteiger partial charge in [-0.2, -0.15) is 0 Å². The van der Waals surface area contributed by atoms with Gasteiger partial charge in [0.25, 0.3) is 0 Å². The molecule has 3 heterocycles. The summed E-state index contributed by atoms with van der Waals surface area (Å²) < 4.78 is 14.0. The molecule has 3 aromatic rings. The van der Waals surface area contributed by atoms with Gasteiger partial charge in [-0.25, -0.2) is 9.37 Å². The number of pyridine rings is 1. The smallest absolute Gasteiger partial charge is 0.137 e. The number of hydrogen-bond acceptors (Lipinski definition) is 2. The molecule has 0 atom stereocenters. The Hall–Kier alpha value is -1.91. The molecule has 124 valence electrons. The Bertz CT molecular complexity index is 832. The number of nitrogens with one attached hydrogen (secondary N) is 1.